The summed E-state index contributed by atoms with van der Waals surface area (Å²) in [6.07, 6.45) is -3.05. The third-order valence-electron chi connectivity index (χ3n) is 5.54. The number of H-pyrrole nitrogens is 1. The number of piperidine rings is 1. The topological polar surface area (TPSA) is 124 Å². The molecule has 12 heteroatoms. The first-order chi connectivity index (χ1) is 16.1. The Morgan fingerprint density at radius 3 is 2.56 bits per heavy atom. The van der Waals surface area contributed by atoms with Crippen molar-refractivity contribution in [2.75, 3.05) is 18.4 Å². The van der Waals surface area contributed by atoms with Gasteiger partial charge in [-0.2, -0.15) is 13.2 Å². The van der Waals surface area contributed by atoms with E-state index in [1.165, 1.54) is 30.2 Å². The molecule has 3 aromatic rings. The molecular formula is C22H21F3N6O3. The average molecular weight is 474 g/mol. The summed E-state index contributed by atoms with van der Waals surface area (Å²) in [4.78, 5) is 40.0. The number of aromatic amines is 1. The third kappa shape index (κ3) is 5.00. The number of nitrogens with one attached hydrogen (secondary N) is 2. The van der Waals surface area contributed by atoms with Gasteiger partial charge in [-0.1, -0.05) is 12.1 Å². The molecule has 0 aliphatic carbocycles. The second-order valence-corrected chi connectivity index (χ2v) is 7.91. The van der Waals surface area contributed by atoms with Crippen LogP contribution in [0.3, 0.4) is 0 Å². The number of carboxylic acid groups (broad SMARTS) is 1. The van der Waals surface area contributed by atoms with Gasteiger partial charge in [0, 0.05) is 37.7 Å². The minimum atomic E-state index is -4.52. The van der Waals surface area contributed by atoms with Crippen molar-refractivity contribution in [1.82, 2.24) is 24.8 Å². The standard InChI is InChI=1S/C22H21F3N6O3/c1-12(32)27-20-26-8-5-16(28-20)18-17(14-3-2-4-15(11-14)22(23,24)25)29-19(30-18)13-6-9-31(10-7-13)21(33)34/h2-5,8,11,13H,6-7,9-10H2,1H3,(H,29,30)(H,33,34)(H,26,27,28,32). The van der Waals surface area contributed by atoms with Crippen LogP contribution in [0.1, 0.15) is 37.1 Å². The highest BCUT2D eigenvalue weighted by Crippen LogP contribution is 2.37. The van der Waals surface area contributed by atoms with E-state index in [0.717, 1.165) is 12.1 Å². The van der Waals surface area contributed by atoms with Crippen molar-refractivity contribution in [2.45, 2.75) is 31.9 Å². The van der Waals surface area contributed by atoms with Crippen molar-refractivity contribution in [1.29, 1.82) is 0 Å². The van der Waals surface area contributed by atoms with Crippen molar-refractivity contribution < 1.29 is 27.9 Å². The van der Waals surface area contributed by atoms with Crippen LogP contribution in [0.25, 0.3) is 22.6 Å². The zero-order valence-electron chi connectivity index (χ0n) is 18.1. The summed E-state index contributed by atoms with van der Waals surface area (Å²) in [5.41, 5.74) is 0.429. The van der Waals surface area contributed by atoms with Gasteiger partial charge in [-0.15, -0.1) is 0 Å². The van der Waals surface area contributed by atoms with E-state index in [9.17, 15) is 27.9 Å². The van der Waals surface area contributed by atoms with Gasteiger partial charge in [0.1, 0.15) is 5.82 Å². The predicted octanol–water partition coefficient (Wildman–Crippen LogP) is 4.37. The molecule has 0 unspecified atom stereocenters. The van der Waals surface area contributed by atoms with Crippen molar-refractivity contribution in [3.63, 3.8) is 0 Å². The highest BCUT2D eigenvalue weighted by Gasteiger charge is 2.32. The molecule has 9 nitrogen and oxygen atoms in total. The van der Waals surface area contributed by atoms with Crippen LogP contribution in [0.15, 0.2) is 36.5 Å². The number of benzene rings is 1. The zero-order valence-corrected chi connectivity index (χ0v) is 18.1. The molecule has 0 bridgehead atoms. The lowest BCUT2D eigenvalue weighted by molar-refractivity contribution is -0.137. The second kappa shape index (κ2) is 9.12. The number of carbonyl (C=O) groups excluding carboxylic acids is 1. The maximum absolute atomic E-state index is 13.3. The van der Waals surface area contributed by atoms with E-state index >= 15 is 0 Å². The number of likely N-dealkylation sites (tertiary alicyclic amines) is 1. The Hall–Kier alpha value is -3.96. The van der Waals surface area contributed by atoms with E-state index in [2.05, 4.69) is 25.3 Å². The SMILES string of the molecule is CC(=O)Nc1nccc(-c2[nH]c(C3CCN(C(=O)O)CC3)nc2-c2cccc(C(F)(F)F)c2)n1. The molecule has 1 saturated heterocycles. The van der Waals surface area contributed by atoms with E-state index in [-0.39, 0.29) is 29.0 Å². The minimum Gasteiger partial charge on any atom is -0.465 e. The fourth-order valence-corrected chi connectivity index (χ4v) is 3.88. The molecule has 1 aliphatic heterocycles. The summed E-state index contributed by atoms with van der Waals surface area (Å²) >= 11 is 0. The molecule has 0 saturated carbocycles. The van der Waals surface area contributed by atoms with Crippen LogP contribution in [0.4, 0.5) is 23.9 Å². The molecule has 0 radical (unpaired) electrons. The Bertz CT molecular complexity index is 1220. The van der Waals surface area contributed by atoms with Crippen molar-refractivity contribution in [3.05, 3.63) is 47.9 Å². The number of halogens is 3. The number of amides is 2. The van der Waals surface area contributed by atoms with Crippen LogP contribution in [-0.4, -0.2) is 55.0 Å². The maximum atomic E-state index is 13.3. The van der Waals surface area contributed by atoms with Gasteiger partial charge in [0.15, 0.2) is 0 Å². The van der Waals surface area contributed by atoms with Gasteiger partial charge >= 0.3 is 12.3 Å². The first-order valence-corrected chi connectivity index (χ1v) is 10.5. The molecule has 1 aliphatic rings. The van der Waals surface area contributed by atoms with E-state index < -0.39 is 17.8 Å². The Morgan fingerprint density at radius 1 is 1.18 bits per heavy atom. The summed E-state index contributed by atoms with van der Waals surface area (Å²) in [5, 5.41) is 11.7. The number of hydrogen-bond donors (Lipinski definition) is 3. The lowest BCUT2D eigenvalue weighted by atomic mass is 9.96. The van der Waals surface area contributed by atoms with Crippen molar-refractivity contribution >= 4 is 17.9 Å². The predicted molar refractivity (Wildman–Crippen MR) is 116 cm³/mol. The zero-order chi connectivity index (χ0) is 24.5. The first-order valence-electron chi connectivity index (χ1n) is 10.5. The number of anilines is 1. The lowest BCUT2D eigenvalue weighted by Gasteiger charge is -2.28. The van der Waals surface area contributed by atoms with Gasteiger partial charge in [0.2, 0.25) is 11.9 Å². The van der Waals surface area contributed by atoms with Gasteiger partial charge in [0.25, 0.3) is 0 Å². The number of hydrogen-bond acceptors (Lipinski definition) is 5. The monoisotopic (exact) mass is 474 g/mol. The second-order valence-electron chi connectivity index (χ2n) is 7.91. The quantitative estimate of drug-likeness (QED) is 0.516. The van der Waals surface area contributed by atoms with E-state index in [4.69, 9.17) is 0 Å². The number of imidazole rings is 1. The Labute approximate surface area is 192 Å². The highest BCUT2D eigenvalue weighted by molar-refractivity contribution is 5.87. The summed E-state index contributed by atoms with van der Waals surface area (Å²) in [7, 11) is 0. The molecule has 1 fully saturated rings. The molecule has 2 aromatic heterocycles. The molecule has 0 atom stereocenters. The lowest BCUT2D eigenvalue weighted by Crippen LogP contribution is -2.37. The molecule has 2 amide bonds. The number of rotatable bonds is 4. The first kappa shape index (κ1) is 23.2. The van der Waals surface area contributed by atoms with Crippen LogP contribution >= 0.6 is 0 Å². The third-order valence-corrected chi connectivity index (χ3v) is 5.54. The number of carbonyl (C=O) groups is 2. The molecule has 34 heavy (non-hydrogen) atoms. The van der Waals surface area contributed by atoms with Gasteiger partial charge in [0.05, 0.1) is 22.6 Å². The average Bonchev–Trinajstić information content (AvgIpc) is 3.24. The summed E-state index contributed by atoms with van der Waals surface area (Å²) in [5.74, 6) is 0.106. The fraction of sp³-hybridized carbons (Fsp3) is 0.318. The summed E-state index contributed by atoms with van der Waals surface area (Å²) in [6.45, 7) is 1.96. The summed E-state index contributed by atoms with van der Waals surface area (Å²) < 4.78 is 40.0. The Kier molecular flexibility index (Phi) is 6.22. The summed E-state index contributed by atoms with van der Waals surface area (Å²) in [6, 6.07) is 6.41. The van der Waals surface area contributed by atoms with Crippen LogP contribution in [0, 0.1) is 0 Å². The molecule has 3 heterocycles. The normalized spacial score (nSPS) is 14.8. The number of alkyl halides is 3. The van der Waals surface area contributed by atoms with Gasteiger partial charge in [-0.25, -0.2) is 19.7 Å². The van der Waals surface area contributed by atoms with Crippen LogP contribution in [-0.2, 0) is 11.0 Å². The fourth-order valence-electron chi connectivity index (χ4n) is 3.88. The molecule has 178 valence electrons. The van der Waals surface area contributed by atoms with Crippen LogP contribution < -0.4 is 5.32 Å². The molecule has 1 aromatic carbocycles. The Balaban J connectivity index is 1.77. The molecule has 3 N–H and O–H groups in total. The van der Waals surface area contributed by atoms with Gasteiger partial charge in [-0.05, 0) is 31.0 Å². The number of nitrogens with zero attached hydrogens (tertiary/aromatic N) is 4. The van der Waals surface area contributed by atoms with E-state index in [1.807, 2.05) is 0 Å². The largest absolute Gasteiger partial charge is 0.465 e. The van der Waals surface area contributed by atoms with Crippen LogP contribution in [0.2, 0.25) is 0 Å². The minimum absolute atomic E-state index is 0.0471. The molecule has 4 rings (SSSR count). The maximum Gasteiger partial charge on any atom is 0.416 e. The van der Waals surface area contributed by atoms with Gasteiger partial charge in [-0.3, -0.25) is 10.1 Å². The molecule has 0 spiro atoms. The van der Waals surface area contributed by atoms with Gasteiger partial charge < -0.3 is 15.0 Å². The van der Waals surface area contributed by atoms with E-state index in [1.54, 1.807) is 6.07 Å². The van der Waals surface area contributed by atoms with Crippen molar-refractivity contribution in [3.8, 4) is 22.6 Å². The smallest absolute Gasteiger partial charge is 0.416 e. The molecular weight excluding hydrogens is 453 g/mol. The van der Waals surface area contributed by atoms with Crippen LogP contribution in [0.5, 0.6) is 0 Å². The Morgan fingerprint density at radius 2 is 1.91 bits per heavy atom. The number of aromatic nitrogens is 4. The van der Waals surface area contributed by atoms with Crippen molar-refractivity contribution in [2.24, 2.45) is 0 Å². The highest BCUT2D eigenvalue weighted by atomic mass is 19.4. The van der Waals surface area contributed by atoms with E-state index in [0.29, 0.717) is 43.1 Å².